The van der Waals surface area contributed by atoms with Crippen molar-refractivity contribution in [2.45, 2.75) is 32.1 Å². The first-order chi connectivity index (χ1) is 10.1. The zero-order valence-electron chi connectivity index (χ0n) is 12.8. The number of carboxylic acid groups (broad SMARTS) is 1. The Morgan fingerprint density at radius 2 is 2.14 bits per heavy atom. The molecule has 4 nitrogen and oxygen atoms in total. The smallest absolute Gasteiger partial charge is 0.335 e. The molecule has 1 fully saturated rings. The summed E-state index contributed by atoms with van der Waals surface area (Å²) in [7, 11) is 2.17. The van der Waals surface area contributed by atoms with Crippen LogP contribution in [0.15, 0.2) is 24.3 Å². The molecule has 1 N–H and O–H groups in total. The van der Waals surface area contributed by atoms with Gasteiger partial charge in [-0.2, -0.15) is 0 Å². The van der Waals surface area contributed by atoms with E-state index in [2.05, 4.69) is 11.9 Å². The maximum absolute atomic E-state index is 10.9. The van der Waals surface area contributed by atoms with Crippen molar-refractivity contribution in [3.05, 3.63) is 29.8 Å². The Labute approximate surface area is 126 Å². The van der Waals surface area contributed by atoms with Gasteiger partial charge < -0.3 is 14.7 Å². The molecule has 0 unspecified atom stereocenters. The van der Waals surface area contributed by atoms with Crippen LogP contribution in [0.1, 0.15) is 42.5 Å². The molecule has 0 atom stereocenters. The van der Waals surface area contributed by atoms with Gasteiger partial charge in [-0.15, -0.1) is 0 Å². The van der Waals surface area contributed by atoms with E-state index in [9.17, 15) is 4.79 Å². The molecule has 1 aromatic rings. The second-order valence-electron chi connectivity index (χ2n) is 5.95. The van der Waals surface area contributed by atoms with Gasteiger partial charge in [0, 0.05) is 13.1 Å². The quantitative estimate of drug-likeness (QED) is 0.747. The van der Waals surface area contributed by atoms with Crippen LogP contribution < -0.4 is 4.74 Å². The lowest BCUT2D eigenvalue weighted by atomic mass is 10.1. The average Bonchev–Trinajstić information content (AvgIpc) is 2.97. The van der Waals surface area contributed by atoms with E-state index in [1.54, 1.807) is 24.3 Å². The lowest BCUT2D eigenvalue weighted by Gasteiger charge is -2.20. The molecule has 0 heterocycles. The third-order valence-electron chi connectivity index (χ3n) is 4.08. The van der Waals surface area contributed by atoms with Crippen molar-refractivity contribution in [2.75, 3.05) is 26.7 Å². The first-order valence-corrected chi connectivity index (χ1v) is 7.80. The minimum atomic E-state index is -0.920. The van der Waals surface area contributed by atoms with Crippen molar-refractivity contribution in [3.8, 4) is 5.75 Å². The number of aromatic carboxylic acids is 1. The normalized spacial score (nSPS) is 15.5. The molecule has 1 saturated carbocycles. The summed E-state index contributed by atoms with van der Waals surface area (Å²) in [5.74, 6) is 0.591. The highest BCUT2D eigenvalue weighted by molar-refractivity contribution is 5.87. The van der Waals surface area contributed by atoms with Crippen LogP contribution in [0.2, 0.25) is 0 Å². The molecule has 0 amide bonds. The summed E-state index contributed by atoms with van der Waals surface area (Å²) in [5.41, 5.74) is 0.269. The minimum absolute atomic E-state index is 0.269. The Balaban J connectivity index is 1.64. The summed E-state index contributed by atoms with van der Waals surface area (Å²) in [5, 5.41) is 8.93. The second-order valence-corrected chi connectivity index (χ2v) is 5.95. The molecule has 2 rings (SSSR count). The van der Waals surface area contributed by atoms with Gasteiger partial charge in [0.1, 0.15) is 5.75 Å². The fraction of sp³-hybridized carbons (Fsp3) is 0.588. The maximum Gasteiger partial charge on any atom is 0.335 e. The summed E-state index contributed by atoms with van der Waals surface area (Å²) in [6.07, 6.45) is 6.50. The van der Waals surface area contributed by atoms with E-state index in [1.165, 1.54) is 32.2 Å². The van der Waals surface area contributed by atoms with Crippen molar-refractivity contribution < 1.29 is 14.6 Å². The first kappa shape index (κ1) is 15.8. The lowest BCUT2D eigenvalue weighted by Crippen LogP contribution is -2.26. The molecule has 0 bridgehead atoms. The molecular formula is C17H25NO3. The van der Waals surface area contributed by atoms with Crippen LogP contribution in [0, 0.1) is 5.92 Å². The van der Waals surface area contributed by atoms with Crippen LogP contribution >= 0.6 is 0 Å². The molecule has 0 spiro atoms. The highest BCUT2D eigenvalue weighted by Crippen LogP contribution is 2.25. The van der Waals surface area contributed by atoms with Gasteiger partial charge in [0.25, 0.3) is 0 Å². The molecule has 4 heteroatoms. The van der Waals surface area contributed by atoms with Crippen LogP contribution in [0.25, 0.3) is 0 Å². The second kappa shape index (κ2) is 8.03. The van der Waals surface area contributed by atoms with Gasteiger partial charge in [-0.1, -0.05) is 18.9 Å². The molecular weight excluding hydrogens is 266 g/mol. The average molecular weight is 291 g/mol. The van der Waals surface area contributed by atoms with E-state index in [-0.39, 0.29) is 5.56 Å². The Bertz CT molecular complexity index is 455. The highest BCUT2D eigenvalue weighted by atomic mass is 16.5. The van der Waals surface area contributed by atoms with Crippen molar-refractivity contribution in [3.63, 3.8) is 0 Å². The van der Waals surface area contributed by atoms with Gasteiger partial charge >= 0.3 is 5.97 Å². The number of benzene rings is 1. The molecule has 0 aromatic heterocycles. The molecule has 1 aromatic carbocycles. The number of rotatable bonds is 8. The van der Waals surface area contributed by atoms with Gasteiger partial charge in [0.2, 0.25) is 0 Å². The number of nitrogens with zero attached hydrogens (tertiary/aromatic N) is 1. The number of ether oxygens (including phenoxy) is 1. The summed E-state index contributed by atoms with van der Waals surface area (Å²) in [6.45, 7) is 2.84. The monoisotopic (exact) mass is 291 g/mol. The van der Waals surface area contributed by atoms with Crippen LogP contribution in [-0.2, 0) is 0 Å². The van der Waals surface area contributed by atoms with Crippen LogP contribution in [-0.4, -0.2) is 42.7 Å². The SMILES string of the molecule is CN(CCCOc1cccc(C(=O)O)c1)CC1CCCC1. The Hall–Kier alpha value is -1.55. The van der Waals surface area contributed by atoms with E-state index in [0.29, 0.717) is 12.4 Å². The number of hydrogen-bond donors (Lipinski definition) is 1. The van der Waals surface area contributed by atoms with E-state index in [4.69, 9.17) is 9.84 Å². The molecule has 0 radical (unpaired) electrons. The van der Waals surface area contributed by atoms with Crippen molar-refractivity contribution in [1.29, 1.82) is 0 Å². The molecule has 0 aliphatic heterocycles. The molecule has 21 heavy (non-hydrogen) atoms. The van der Waals surface area contributed by atoms with E-state index in [1.807, 2.05) is 0 Å². The molecule has 116 valence electrons. The van der Waals surface area contributed by atoms with Gasteiger partial charge in [0.15, 0.2) is 0 Å². The highest BCUT2D eigenvalue weighted by Gasteiger charge is 2.16. The number of carbonyl (C=O) groups is 1. The molecule has 0 saturated heterocycles. The Morgan fingerprint density at radius 3 is 2.86 bits per heavy atom. The summed E-state index contributed by atoms with van der Waals surface area (Å²) >= 11 is 0. The van der Waals surface area contributed by atoms with Gasteiger partial charge in [-0.25, -0.2) is 4.79 Å². The number of hydrogen-bond acceptors (Lipinski definition) is 3. The predicted molar refractivity (Wildman–Crippen MR) is 83.0 cm³/mol. The Morgan fingerprint density at radius 1 is 1.38 bits per heavy atom. The third-order valence-corrected chi connectivity index (χ3v) is 4.08. The summed E-state index contributed by atoms with van der Waals surface area (Å²) < 4.78 is 5.63. The third kappa shape index (κ3) is 5.38. The van der Waals surface area contributed by atoms with Crippen molar-refractivity contribution in [2.24, 2.45) is 5.92 Å². The lowest BCUT2D eigenvalue weighted by molar-refractivity contribution is 0.0696. The van der Waals surface area contributed by atoms with Gasteiger partial charge in [-0.3, -0.25) is 0 Å². The standard InChI is InChI=1S/C17H25NO3/c1-18(13-14-6-2-3-7-14)10-5-11-21-16-9-4-8-15(12-16)17(19)20/h4,8-9,12,14H,2-3,5-7,10-11,13H2,1H3,(H,19,20). The fourth-order valence-electron chi connectivity index (χ4n) is 2.97. The van der Waals surface area contributed by atoms with E-state index >= 15 is 0 Å². The Kier molecular flexibility index (Phi) is 6.05. The van der Waals surface area contributed by atoms with E-state index < -0.39 is 5.97 Å². The molecule has 1 aliphatic carbocycles. The fourth-order valence-corrected chi connectivity index (χ4v) is 2.97. The minimum Gasteiger partial charge on any atom is -0.494 e. The topological polar surface area (TPSA) is 49.8 Å². The zero-order valence-corrected chi connectivity index (χ0v) is 12.8. The van der Waals surface area contributed by atoms with Crippen LogP contribution in [0.4, 0.5) is 0 Å². The van der Waals surface area contributed by atoms with Crippen molar-refractivity contribution in [1.82, 2.24) is 4.90 Å². The van der Waals surface area contributed by atoms with Crippen molar-refractivity contribution >= 4 is 5.97 Å². The van der Waals surface area contributed by atoms with Gasteiger partial charge in [-0.05, 0) is 50.4 Å². The summed E-state index contributed by atoms with van der Waals surface area (Å²) in [4.78, 5) is 13.3. The predicted octanol–water partition coefficient (Wildman–Crippen LogP) is 3.28. The van der Waals surface area contributed by atoms with Crippen LogP contribution in [0.3, 0.4) is 0 Å². The first-order valence-electron chi connectivity index (χ1n) is 7.80. The number of carboxylic acids is 1. The van der Waals surface area contributed by atoms with E-state index in [0.717, 1.165) is 18.9 Å². The summed E-state index contributed by atoms with van der Waals surface area (Å²) in [6, 6.07) is 6.66. The largest absolute Gasteiger partial charge is 0.494 e. The van der Waals surface area contributed by atoms with Crippen LogP contribution in [0.5, 0.6) is 5.75 Å². The maximum atomic E-state index is 10.9. The molecule has 1 aliphatic rings. The van der Waals surface area contributed by atoms with Gasteiger partial charge in [0.05, 0.1) is 12.2 Å². The zero-order chi connectivity index (χ0) is 15.1.